The van der Waals surface area contributed by atoms with E-state index in [-0.39, 0.29) is 17.7 Å². The van der Waals surface area contributed by atoms with E-state index in [4.69, 9.17) is 5.73 Å². The molecule has 2 aliphatic rings. The maximum atomic E-state index is 11.6. The van der Waals surface area contributed by atoms with Gasteiger partial charge < -0.3 is 16.0 Å². The summed E-state index contributed by atoms with van der Waals surface area (Å²) in [6.07, 6.45) is 2.57. The van der Waals surface area contributed by atoms with Gasteiger partial charge in [-0.2, -0.15) is 0 Å². The predicted molar refractivity (Wildman–Crippen MR) is 54.9 cm³/mol. The molecule has 84 valence electrons. The normalized spacial score (nSPS) is 25.8. The van der Waals surface area contributed by atoms with Gasteiger partial charge in [0.25, 0.3) is 0 Å². The number of rotatable bonds is 4. The van der Waals surface area contributed by atoms with Crippen molar-refractivity contribution < 1.29 is 9.59 Å². The summed E-state index contributed by atoms with van der Waals surface area (Å²) in [5, 5.41) is 2.73. The van der Waals surface area contributed by atoms with E-state index in [0.717, 1.165) is 12.8 Å². The van der Waals surface area contributed by atoms with Crippen LogP contribution in [-0.2, 0) is 9.59 Å². The van der Waals surface area contributed by atoms with Gasteiger partial charge in [0.1, 0.15) is 0 Å². The number of carbonyl (C=O) groups is 2. The first-order valence-electron chi connectivity index (χ1n) is 5.49. The first-order chi connectivity index (χ1) is 7.22. The second-order valence-electron chi connectivity index (χ2n) is 4.26. The van der Waals surface area contributed by atoms with E-state index >= 15 is 0 Å². The summed E-state index contributed by atoms with van der Waals surface area (Å²) in [5.74, 6) is -0.0630. The molecule has 0 aromatic rings. The molecule has 2 rings (SSSR count). The number of amides is 2. The molecule has 15 heavy (non-hydrogen) atoms. The van der Waals surface area contributed by atoms with E-state index in [1.54, 1.807) is 0 Å². The minimum absolute atomic E-state index is 0.0306. The zero-order chi connectivity index (χ0) is 10.8. The van der Waals surface area contributed by atoms with Crippen molar-refractivity contribution in [3.05, 3.63) is 0 Å². The number of carbonyl (C=O) groups excluding carboxylic acids is 2. The Kier molecular flexibility index (Phi) is 2.90. The van der Waals surface area contributed by atoms with Gasteiger partial charge in [-0.3, -0.25) is 9.59 Å². The topological polar surface area (TPSA) is 75.4 Å². The molecule has 0 spiro atoms. The van der Waals surface area contributed by atoms with E-state index < -0.39 is 0 Å². The Balaban J connectivity index is 1.84. The predicted octanol–water partition coefficient (Wildman–Crippen LogP) is -0.928. The van der Waals surface area contributed by atoms with Crippen molar-refractivity contribution in [2.24, 2.45) is 11.7 Å². The van der Waals surface area contributed by atoms with Crippen LogP contribution in [0.3, 0.4) is 0 Å². The number of nitrogens with one attached hydrogen (secondary N) is 1. The highest BCUT2D eigenvalue weighted by molar-refractivity contribution is 5.89. The van der Waals surface area contributed by atoms with Crippen LogP contribution in [0, 0.1) is 5.92 Å². The molecule has 5 heteroatoms. The highest BCUT2D eigenvalue weighted by atomic mass is 16.2. The van der Waals surface area contributed by atoms with Crippen LogP contribution < -0.4 is 11.1 Å². The molecule has 1 aliphatic heterocycles. The average Bonchev–Trinajstić information content (AvgIpc) is 2.99. The summed E-state index contributed by atoms with van der Waals surface area (Å²) in [5.41, 5.74) is 5.30. The minimum Gasteiger partial charge on any atom is -0.355 e. The van der Waals surface area contributed by atoms with Crippen LogP contribution in [0.4, 0.5) is 0 Å². The van der Waals surface area contributed by atoms with Crippen LogP contribution in [-0.4, -0.2) is 42.4 Å². The minimum atomic E-state index is -0.162. The van der Waals surface area contributed by atoms with Gasteiger partial charge in [0.15, 0.2) is 0 Å². The Hall–Kier alpha value is -1.10. The standard InChI is InChI=1S/C10H17N3O2/c11-3-4-12-10(15)7-5-9(14)13(6-7)8-1-2-8/h7-8H,1-6,11H2,(H,12,15). The Bertz CT molecular complexity index is 276. The van der Waals surface area contributed by atoms with Crippen molar-refractivity contribution in [2.75, 3.05) is 19.6 Å². The second kappa shape index (κ2) is 4.18. The van der Waals surface area contributed by atoms with E-state index in [1.165, 1.54) is 0 Å². The number of likely N-dealkylation sites (tertiary alicyclic amines) is 1. The lowest BCUT2D eigenvalue weighted by atomic mass is 10.1. The second-order valence-corrected chi connectivity index (χ2v) is 4.26. The van der Waals surface area contributed by atoms with Crippen molar-refractivity contribution in [2.45, 2.75) is 25.3 Å². The van der Waals surface area contributed by atoms with Gasteiger partial charge >= 0.3 is 0 Å². The number of hydrogen-bond donors (Lipinski definition) is 2. The third kappa shape index (κ3) is 2.28. The zero-order valence-corrected chi connectivity index (χ0v) is 8.74. The van der Waals surface area contributed by atoms with Gasteiger partial charge in [0, 0.05) is 32.1 Å². The van der Waals surface area contributed by atoms with Crippen LogP contribution in [0.25, 0.3) is 0 Å². The molecule has 1 unspecified atom stereocenters. The molecular weight excluding hydrogens is 194 g/mol. The summed E-state index contributed by atoms with van der Waals surface area (Å²) in [7, 11) is 0. The fraction of sp³-hybridized carbons (Fsp3) is 0.800. The van der Waals surface area contributed by atoms with Crippen molar-refractivity contribution >= 4 is 11.8 Å². The third-order valence-corrected chi connectivity index (χ3v) is 2.96. The molecule has 1 saturated carbocycles. The summed E-state index contributed by atoms with van der Waals surface area (Å²) in [4.78, 5) is 25.0. The van der Waals surface area contributed by atoms with Gasteiger partial charge in [-0.15, -0.1) is 0 Å². The summed E-state index contributed by atoms with van der Waals surface area (Å²) >= 11 is 0. The Morgan fingerprint density at radius 3 is 2.87 bits per heavy atom. The first-order valence-corrected chi connectivity index (χ1v) is 5.49. The largest absolute Gasteiger partial charge is 0.355 e. The van der Waals surface area contributed by atoms with E-state index in [1.807, 2.05) is 4.90 Å². The molecule has 3 N–H and O–H groups in total. The van der Waals surface area contributed by atoms with Crippen molar-refractivity contribution in [3.8, 4) is 0 Å². The Labute approximate surface area is 89.0 Å². The highest BCUT2D eigenvalue weighted by Crippen LogP contribution is 2.32. The van der Waals surface area contributed by atoms with Crippen molar-refractivity contribution in [3.63, 3.8) is 0 Å². The van der Waals surface area contributed by atoms with E-state index in [9.17, 15) is 9.59 Å². The lowest BCUT2D eigenvalue weighted by molar-refractivity contribution is -0.129. The smallest absolute Gasteiger partial charge is 0.225 e. The third-order valence-electron chi connectivity index (χ3n) is 2.96. The zero-order valence-electron chi connectivity index (χ0n) is 8.74. The molecule has 1 heterocycles. The van der Waals surface area contributed by atoms with Gasteiger partial charge in [-0.25, -0.2) is 0 Å². The van der Waals surface area contributed by atoms with Gasteiger partial charge in [-0.1, -0.05) is 0 Å². The molecule has 1 atom stereocenters. The SMILES string of the molecule is NCCNC(=O)C1CC(=O)N(C2CC2)C1. The lowest BCUT2D eigenvalue weighted by Crippen LogP contribution is -2.36. The fourth-order valence-electron chi connectivity index (χ4n) is 1.99. The molecule has 0 aromatic heterocycles. The molecule has 0 aromatic carbocycles. The van der Waals surface area contributed by atoms with E-state index in [2.05, 4.69) is 5.32 Å². The summed E-state index contributed by atoms with van der Waals surface area (Å²) in [6, 6.07) is 0.421. The number of nitrogens with two attached hydrogens (primary N) is 1. The van der Waals surface area contributed by atoms with Gasteiger partial charge in [0.2, 0.25) is 11.8 Å². The quantitative estimate of drug-likeness (QED) is 0.631. The van der Waals surface area contributed by atoms with Crippen molar-refractivity contribution in [1.29, 1.82) is 0 Å². The molecule has 5 nitrogen and oxygen atoms in total. The fourth-order valence-corrected chi connectivity index (χ4v) is 1.99. The maximum absolute atomic E-state index is 11.6. The lowest BCUT2D eigenvalue weighted by Gasteiger charge is -2.15. The number of hydrogen-bond acceptors (Lipinski definition) is 3. The molecular formula is C10H17N3O2. The molecule has 1 saturated heterocycles. The summed E-state index contributed by atoms with van der Waals surface area (Å²) < 4.78 is 0. The molecule has 1 aliphatic carbocycles. The molecule has 2 fully saturated rings. The molecule has 0 bridgehead atoms. The van der Waals surface area contributed by atoms with Gasteiger partial charge in [0.05, 0.1) is 5.92 Å². The van der Waals surface area contributed by atoms with Crippen LogP contribution in [0.2, 0.25) is 0 Å². The van der Waals surface area contributed by atoms with Crippen LogP contribution in [0.5, 0.6) is 0 Å². The van der Waals surface area contributed by atoms with Crippen molar-refractivity contribution in [1.82, 2.24) is 10.2 Å². The van der Waals surface area contributed by atoms with Crippen LogP contribution in [0.1, 0.15) is 19.3 Å². The average molecular weight is 211 g/mol. The van der Waals surface area contributed by atoms with E-state index in [0.29, 0.717) is 32.1 Å². The first kappa shape index (κ1) is 10.4. The number of nitrogens with zero attached hydrogens (tertiary/aromatic N) is 1. The molecule has 2 amide bonds. The highest BCUT2D eigenvalue weighted by Gasteiger charge is 2.41. The van der Waals surface area contributed by atoms with Gasteiger partial charge in [-0.05, 0) is 12.8 Å². The Morgan fingerprint density at radius 1 is 1.53 bits per heavy atom. The van der Waals surface area contributed by atoms with Crippen LogP contribution >= 0.6 is 0 Å². The maximum Gasteiger partial charge on any atom is 0.225 e. The van der Waals surface area contributed by atoms with Crippen LogP contribution in [0.15, 0.2) is 0 Å². The molecule has 0 radical (unpaired) electrons. The monoisotopic (exact) mass is 211 g/mol. The summed E-state index contributed by atoms with van der Waals surface area (Å²) in [6.45, 7) is 1.53. The Morgan fingerprint density at radius 2 is 2.27 bits per heavy atom.